The number of hydrogen-bond donors (Lipinski definition) is 1. The van der Waals surface area contributed by atoms with Gasteiger partial charge >= 0.3 is 0 Å². The van der Waals surface area contributed by atoms with Crippen molar-refractivity contribution in [2.75, 3.05) is 7.05 Å². The number of fused-ring (bicyclic) bond motifs is 1. The van der Waals surface area contributed by atoms with Crippen LogP contribution in [0.4, 0.5) is 0 Å². The Bertz CT molecular complexity index is 525. The minimum absolute atomic E-state index is 0.252. The lowest BCUT2D eigenvalue weighted by Crippen LogP contribution is -2.11. The van der Waals surface area contributed by atoms with Crippen LogP contribution in [0.15, 0.2) is 22.6 Å². The Hall–Kier alpha value is -1.28. The summed E-state index contributed by atoms with van der Waals surface area (Å²) in [6.45, 7) is 8.66. The van der Waals surface area contributed by atoms with Crippen LogP contribution in [0.5, 0.6) is 0 Å². The maximum atomic E-state index is 5.98. The summed E-state index contributed by atoms with van der Waals surface area (Å²) >= 11 is 0. The molecule has 2 rings (SSSR count). The number of rotatable bonds is 3. The van der Waals surface area contributed by atoms with Gasteiger partial charge in [0.25, 0.3) is 0 Å². The third-order valence-corrected chi connectivity index (χ3v) is 3.41. The molecule has 0 saturated heterocycles. The summed E-state index contributed by atoms with van der Waals surface area (Å²) in [6.07, 6.45) is 0. The van der Waals surface area contributed by atoms with Gasteiger partial charge in [0.1, 0.15) is 11.3 Å². The molecule has 0 aliphatic heterocycles. The van der Waals surface area contributed by atoms with Gasteiger partial charge in [0.05, 0.1) is 6.04 Å². The number of benzene rings is 1. The molecule has 2 aromatic rings. The Morgan fingerprint density at radius 1 is 1.18 bits per heavy atom. The highest BCUT2D eigenvalue weighted by Crippen LogP contribution is 2.32. The Kier molecular flexibility index (Phi) is 3.25. The van der Waals surface area contributed by atoms with Crippen LogP contribution in [0.3, 0.4) is 0 Å². The van der Waals surface area contributed by atoms with E-state index < -0.39 is 0 Å². The van der Waals surface area contributed by atoms with Gasteiger partial charge in [-0.05, 0) is 44.0 Å². The van der Waals surface area contributed by atoms with Crippen molar-refractivity contribution in [2.45, 2.75) is 39.7 Å². The van der Waals surface area contributed by atoms with Gasteiger partial charge in [0.2, 0.25) is 0 Å². The highest BCUT2D eigenvalue weighted by molar-refractivity contribution is 5.85. The van der Waals surface area contributed by atoms with Crippen LogP contribution in [0.2, 0.25) is 0 Å². The summed E-state index contributed by atoms with van der Waals surface area (Å²) in [4.78, 5) is 0. The molecule has 0 aliphatic carbocycles. The zero-order valence-corrected chi connectivity index (χ0v) is 11.3. The summed E-state index contributed by atoms with van der Waals surface area (Å²) in [7, 11) is 1.95. The van der Waals surface area contributed by atoms with Crippen molar-refractivity contribution in [3.63, 3.8) is 0 Å². The number of nitrogens with one attached hydrogen (secondary N) is 1. The quantitative estimate of drug-likeness (QED) is 0.858. The van der Waals surface area contributed by atoms with Crippen molar-refractivity contribution in [3.8, 4) is 0 Å². The molecule has 2 heteroatoms. The zero-order valence-electron chi connectivity index (χ0n) is 11.3. The van der Waals surface area contributed by atoms with E-state index in [0.29, 0.717) is 5.92 Å². The molecule has 0 aliphatic rings. The molecule has 1 aromatic heterocycles. The molecule has 1 N–H and O–H groups in total. The molecule has 1 atom stereocenters. The molecule has 92 valence electrons. The zero-order chi connectivity index (χ0) is 12.6. The predicted molar refractivity (Wildman–Crippen MR) is 72.5 cm³/mol. The van der Waals surface area contributed by atoms with E-state index in [1.807, 2.05) is 7.05 Å². The average Bonchev–Trinajstić information content (AvgIpc) is 2.73. The molecule has 0 fully saturated rings. The second kappa shape index (κ2) is 4.53. The molecule has 0 bridgehead atoms. The van der Waals surface area contributed by atoms with Crippen LogP contribution in [-0.2, 0) is 0 Å². The van der Waals surface area contributed by atoms with E-state index in [1.54, 1.807) is 0 Å². The Morgan fingerprint density at radius 2 is 1.88 bits per heavy atom. The van der Waals surface area contributed by atoms with Gasteiger partial charge in [-0.15, -0.1) is 0 Å². The summed E-state index contributed by atoms with van der Waals surface area (Å²) in [5.41, 5.74) is 3.61. The topological polar surface area (TPSA) is 25.2 Å². The van der Waals surface area contributed by atoms with Crippen LogP contribution in [0.1, 0.15) is 49.6 Å². The molecular formula is C15H21NO. The van der Waals surface area contributed by atoms with Gasteiger partial charge in [0.15, 0.2) is 0 Å². The molecule has 2 nitrogen and oxygen atoms in total. The standard InChI is InChI=1S/C15H21NO/c1-9(2)12-7-6-10(3)15-13(12)8-14(17-15)11(4)16-5/h6-9,11,16H,1-5H3. The number of furan rings is 1. The lowest BCUT2D eigenvalue weighted by Gasteiger charge is -2.07. The number of aryl methyl sites for hydroxylation is 1. The van der Waals surface area contributed by atoms with Gasteiger partial charge < -0.3 is 9.73 Å². The van der Waals surface area contributed by atoms with Gasteiger partial charge in [0, 0.05) is 5.39 Å². The van der Waals surface area contributed by atoms with Crippen LogP contribution in [0, 0.1) is 6.92 Å². The Morgan fingerprint density at radius 3 is 2.47 bits per heavy atom. The minimum Gasteiger partial charge on any atom is -0.459 e. The summed E-state index contributed by atoms with van der Waals surface area (Å²) in [6, 6.07) is 6.79. The molecular weight excluding hydrogens is 210 g/mol. The monoisotopic (exact) mass is 231 g/mol. The van der Waals surface area contributed by atoms with E-state index in [-0.39, 0.29) is 6.04 Å². The van der Waals surface area contributed by atoms with Crippen molar-refractivity contribution in [3.05, 3.63) is 35.1 Å². The summed E-state index contributed by atoms with van der Waals surface area (Å²) in [5, 5.41) is 4.48. The maximum Gasteiger partial charge on any atom is 0.137 e. The van der Waals surface area contributed by atoms with E-state index in [0.717, 1.165) is 11.3 Å². The highest BCUT2D eigenvalue weighted by atomic mass is 16.3. The first kappa shape index (κ1) is 12.2. The predicted octanol–water partition coefficient (Wildman–Crippen LogP) is 4.15. The third kappa shape index (κ3) is 2.09. The first-order valence-corrected chi connectivity index (χ1v) is 6.24. The van der Waals surface area contributed by atoms with Crippen LogP contribution >= 0.6 is 0 Å². The smallest absolute Gasteiger partial charge is 0.137 e. The maximum absolute atomic E-state index is 5.98. The second-order valence-corrected chi connectivity index (χ2v) is 5.03. The second-order valence-electron chi connectivity index (χ2n) is 5.03. The normalized spacial score (nSPS) is 13.5. The SMILES string of the molecule is CNC(C)c1cc2c(C(C)C)ccc(C)c2o1. The lowest BCUT2D eigenvalue weighted by atomic mass is 9.97. The first-order valence-electron chi connectivity index (χ1n) is 6.24. The molecule has 0 radical (unpaired) electrons. The molecule has 17 heavy (non-hydrogen) atoms. The largest absolute Gasteiger partial charge is 0.459 e. The Balaban J connectivity index is 2.65. The summed E-state index contributed by atoms with van der Waals surface area (Å²) in [5.74, 6) is 1.53. The third-order valence-electron chi connectivity index (χ3n) is 3.41. The van der Waals surface area contributed by atoms with Gasteiger partial charge in [-0.2, -0.15) is 0 Å². The fourth-order valence-corrected chi connectivity index (χ4v) is 2.16. The minimum atomic E-state index is 0.252. The van der Waals surface area contributed by atoms with Crippen molar-refractivity contribution in [1.29, 1.82) is 0 Å². The van der Waals surface area contributed by atoms with Crippen LogP contribution in [-0.4, -0.2) is 7.05 Å². The van der Waals surface area contributed by atoms with E-state index in [1.165, 1.54) is 16.5 Å². The van der Waals surface area contributed by atoms with E-state index in [2.05, 4.69) is 51.2 Å². The summed E-state index contributed by atoms with van der Waals surface area (Å²) < 4.78 is 5.98. The highest BCUT2D eigenvalue weighted by Gasteiger charge is 2.15. The molecule has 0 spiro atoms. The van der Waals surface area contributed by atoms with Gasteiger partial charge in [-0.25, -0.2) is 0 Å². The molecule has 0 saturated carbocycles. The van der Waals surface area contributed by atoms with Crippen molar-refractivity contribution >= 4 is 11.0 Å². The first-order chi connectivity index (χ1) is 8.04. The molecule has 1 unspecified atom stereocenters. The van der Waals surface area contributed by atoms with E-state index >= 15 is 0 Å². The van der Waals surface area contributed by atoms with Crippen LogP contribution < -0.4 is 5.32 Å². The van der Waals surface area contributed by atoms with Crippen molar-refractivity contribution < 1.29 is 4.42 Å². The lowest BCUT2D eigenvalue weighted by molar-refractivity contribution is 0.474. The van der Waals surface area contributed by atoms with E-state index in [4.69, 9.17) is 4.42 Å². The average molecular weight is 231 g/mol. The van der Waals surface area contributed by atoms with E-state index in [9.17, 15) is 0 Å². The molecule has 1 aromatic carbocycles. The fraction of sp³-hybridized carbons (Fsp3) is 0.467. The van der Waals surface area contributed by atoms with Crippen LogP contribution in [0.25, 0.3) is 11.0 Å². The van der Waals surface area contributed by atoms with Crippen molar-refractivity contribution in [2.24, 2.45) is 0 Å². The number of hydrogen-bond acceptors (Lipinski definition) is 2. The molecule has 0 amide bonds. The van der Waals surface area contributed by atoms with Gasteiger partial charge in [-0.3, -0.25) is 0 Å². The fourth-order valence-electron chi connectivity index (χ4n) is 2.16. The van der Waals surface area contributed by atoms with Crippen molar-refractivity contribution in [1.82, 2.24) is 5.32 Å². The molecule has 1 heterocycles. The Labute approximate surface area is 103 Å². The van der Waals surface area contributed by atoms with Gasteiger partial charge in [-0.1, -0.05) is 26.0 Å².